The molecule has 0 aliphatic heterocycles. The first-order chi connectivity index (χ1) is 13.9. The lowest BCUT2D eigenvalue weighted by Crippen LogP contribution is -2.43. The van der Waals surface area contributed by atoms with Crippen LogP contribution in [0.25, 0.3) is 0 Å². The van der Waals surface area contributed by atoms with E-state index in [0.717, 1.165) is 36.5 Å². The smallest absolute Gasteiger partial charge is 0.354 e. The van der Waals surface area contributed by atoms with Crippen LogP contribution in [0.3, 0.4) is 0 Å². The first-order valence-corrected chi connectivity index (χ1v) is 9.64. The molecule has 2 aromatic rings. The first kappa shape index (κ1) is 22.7. The molecule has 2 rings (SSSR count). The second-order valence-corrected chi connectivity index (χ2v) is 6.48. The van der Waals surface area contributed by atoms with Crippen molar-refractivity contribution in [3.63, 3.8) is 0 Å². The Morgan fingerprint density at radius 2 is 1.76 bits per heavy atom. The zero-order valence-electron chi connectivity index (χ0n) is 17.0. The third-order valence-corrected chi connectivity index (χ3v) is 4.73. The summed E-state index contributed by atoms with van der Waals surface area (Å²) in [5.41, 5.74) is 1.08. The number of guanidine groups is 1. The number of nitrogens with one attached hydrogen (secondary N) is 2. The van der Waals surface area contributed by atoms with Crippen LogP contribution in [-0.4, -0.2) is 42.5 Å². The molecule has 1 heterocycles. The Hall–Kier alpha value is -2.61. The van der Waals surface area contributed by atoms with E-state index in [0.29, 0.717) is 19.0 Å². The van der Waals surface area contributed by atoms with Crippen LogP contribution in [0.5, 0.6) is 0 Å². The molecule has 0 radical (unpaired) electrons. The average molecular weight is 407 g/mol. The van der Waals surface area contributed by atoms with Crippen LogP contribution in [0, 0.1) is 0 Å². The number of aromatic nitrogens is 1. The molecular formula is C21H28F3N5. The van der Waals surface area contributed by atoms with Gasteiger partial charge >= 0.3 is 6.18 Å². The van der Waals surface area contributed by atoms with Gasteiger partial charge in [-0.05, 0) is 42.9 Å². The Labute approximate surface area is 170 Å². The van der Waals surface area contributed by atoms with Crippen molar-refractivity contribution in [1.29, 1.82) is 0 Å². The second kappa shape index (κ2) is 10.8. The number of likely N-dealkylation sites (N-methyl/N-ethyl adjacent to an activating group) is 1. The molecule has 0 fully saturated rings. The minimum atomic E-state index is -4.33. The average Bonchev–Trinajstić information content (AvgIpc) is 2.73. The van der Waals surface area contributed by atoms with Gasteiger partial charge in [-0.2, -0.15) is 13.2 Å². The molecule has 1 aromatic carbocycles. The Bertz CT molecular complexity index is 756. The van der Waals surface area contributed by atoms with Crippen LogP contribution < -0.4 is 10.6 Å². The van der Waals surface area contributed by atoms with Gasteiger partial charge in [0.1, 0.15) is 0 Å². The molecule has 29 heavy (non-hydrogen) atoms. The molecular weight excluding hydrogens is 379 g/mol. The molecule has 158 valence electrons. The van der Waals surface area contributed by atoms with Gasteiger partial charge in [-0.3, -0.25) is 14.9 Å². The van der Waals surface area contributed by atoms with Gasteiger partial charge in [-0.1, -0.05) is 32.0 Å². The van der Waals surface area contributed by atoms with Gasteiger partial charge < -0.3 is 10.6 Å². The fourth-order valence-corrected chi connectivity index (χ4v) is 3.11. The van der Waals surface area contributed by atoms with Crippen LogP contribution >= 0.6 is 0 Å². The molecule has 0 saturated carbocycles. The number of pyridine rings is 1. The summed E-state index contributed by atoms with van der Waals surface area (Å²) in [5, 5.41) is 6.49. The molecule has 0 spiro atoms. The maximum absolute atomic E-state index is 12.9. The third-order valence-electron chi connectivity index (χ3n) is 4.73. The van der Waals surface area contributed by atoms with Gasteiger partial charge in [0, 0.05) is 19.8 Å². The summed E-state index contributed by atoms with van der Waals surface area (Å²) in [6, 6.07) is 11.0. The number of hydrogen-bond donors (Lipinski definition) is 2. The zero-order valence-corrected chi connectivity index (χ0v) is 17.0. The summed E-state index contributed by atoms with van der Waals surface area (Å²) in [6.45, 7) is 6.67. The molecule has 0 saturated heterocycles. The summed E-state index contributed by atoms with van der Waals surface area (Å²) < 4.78 is 38.7. The highest BCUT2D eigenvalue weighted by atomic mass is 19.4. The molecule has 0 amide bonds. The van der Waals surface area contributed by atoms with E-state index in [4.69, 9.17) is 0 Å². The lowest BCUT2D eigenvalue weighted by Gasteiger charge is -2.31. The predicted octanol–water partition coefficient (Wildman–Crippen LogP) is 3.85. The lowest BCUT2D eigenvalue weighted by atomic mass is 10.0. The Kier molecular flexibility index (Phi) is 8.45. The summed E-state index contributed by atoms with van der Waals surface area (Å²) in [4.78, 5) is 10.7. The molecule has 0 aliphatic carbocycles. The van der Waals surface area contributed by atoms with Crippen LogP contribution in [0.4, 0.5) is 13.2 Å². The van der Waals surface area contributed by atoms with Crippen LogP contribution in [0.1, 0.15) is 36.7 Å². The van der Waals surface area contributed by atoms with Crippen molar-refractivity contribution in [2.24, 2.45) is 4.99 Å². The number of benzene rings is 1. The van der Waals surface area contributed by atoms with E-state index in [-0.39, 0.29) is 6.04 Å². The fourth-order valence-electron chi connectivity index (χ4n) is 3.11. The molecule has 1 atom stereocenters. The molecule has 8 heteroatoms. The van der Waals surface area contributed by atoms with E-state index < -0.39 is 11.7 Å². The lowest BCUT2D eigenvalue weighted by molar-refractivity contribution is -0.137. The predicted molar refractivity (Wildman–Crippen MR) is 110 cm³/mol. The minimum Gasteiger partial charge on any atom is -0.354 e. The van der Waals surface area contributed by atoms with Crippen LogP contribution in [-0.2, 0) is 12.7 Å². The van der Waals surface area contributed by atoms with Crippen molar-refractivity contribution >= 4 is 5.96 Å². The van der Waals surface area contributed by atoms with Gasteiger partial charge in [0.25, 0.3) is 0 Å². The van der Waals surface area contributed by atoms with Crippen molar-refractivity contribution in [3.05, 3.63) is 65.5 Å². The number of rotatable bonds is 8. The summed E-state index contributed by atoms with van der Waals surface area (Å²) in [7, 11) is 1.68. The van der Waals surface area contributed by atoms with Gasteiger partial charge in [0.2, 0.25) is 0 Å². The molecule has 2 N–H and O–H groups in total. The largest absolute Gasteiger partial charge is 0.416 e. The summed E-state index contributed by atoms with van der Waals surface area (Å²) in [5.74, 6) is 0.611. The molecule has 5 nitrogen and oxygen atoms in total. The summed E-state index contributed by atoms with van der Waals surface area (Å²) >= 11 is 0. The topological polar surface area (TPSA) is 52.5 Å². The highest BCUT2D eigenvalue weighted by molar-refractivity contribution is 5.79. The number of hydrogen-bond acceptors (Lipinski definition) is 3. The zero-order chi connectivity index (χ0) is 21.3. The Morgan fingerprint density at radius 3 is 2.28 bits per heavy atom. The van der Waals surface area contributed by atoms with Crippen LogP contribution in [0.2, 0.25) is 0 Å². The highest BCUT2D eigenvalue weighted by Gasteiger charge is 2.30. The number of halogens is 3. The van der Waals surface area contributed by atoms with Crippen molar-refractivity contribution in [1.82, 2.24) is 20.5 Å². The van der Waals surface area contributed by atoms with Crippen molar-refractivity contribution in [3.8, 4) is 0 Å². The third kappa shape index (κ3) is 6.74. The van der Waals surface area contributed by atoms with Gasteiger partial charge in [0.15, 0.2) is 5.96 Å². The standard InChI is InChI=1S/C21H28F3N5/c1-4-29(5-2)19(16-9-11-17(12-10-16)21(22,23)24)15-28-20(25-3)27-14-18-8-6-7-13-26-18/h6-13,19H,4-5,14-15H2,1-3H3,(H2,25,27,28). The van der Waals surface area contributed by atoms with Crippen molar-refractivity contribution < 1.29 is 13.2 Å². The minimum absolute atomic E-state index is 0.0827. The van der Waals surface area contributed by atoms with Gasteiger partial charge in [-0.25, -0.2) is 0 Å². The quantitative estimate of drug-likeness (QED) is 0.516. The second-order valence-electron chi connectivity index (χ2n) is 6.48. The van der Waals surface area contributed by atoms with Crippen molar-refractivity contribution in [2.75, 3.05) is 26.7 Å². The Balaban J connectivity index is 2.07. The number of alkyl halides is 3. The monoisotopic (exact) mass is 407 g/mol. The fraction of sp³-hybridized carbons (Fsp3) is 0.429. The van der Waals surface area contributed by atoms with Crippen molar-refractivity contribution in [2.45, 2.75) is 32.6 Å². The van der Waals surface area contributed by atoms with Crippen LogP contribution in [0.15, 0.2) is 53.7 Å². The van der Waals surface area contributed by atoms with E-state index in [9.17, 15) is 13.2 Å². The van der Waals surface area contributed by atoms with Gasteiger partial charge in [0.05, 0.1) is 23.8 Å². The maximum atomic E-state index is 12.9. The molecule has 0 bridgehead atoms. The molecule has 0 aliphatic rings. The Morgan fingerprint density at radius 1 is 1.07 bits per heavy atom. The number of nitrogens with zero attached hydrogens (tertiary/aromatic N) is 3. The van der Waals surface area contributed by atoms with E-state index >= 15 is 0 Å². The van der Waals surface area contributed by atoms with E-state index in [1.54, 1.807) is 25.4 Å². The van der Waals surface area contributed by atoms with Gasteiger partial charge in [-0.15, -0.1) is 0 Å². The number of aliphatic imine (C=N–C) groups is 1. The summed E-state index contributed by atoms with van der Waals surface area (Å²) in [6.07, 6.45) is -2.60. The van der Waals surface area contributed by atoms with E-state index in [2.05, 4.69) is 25.5 Å². The maximum Gasteiger partial charge on any atom is 0.416 e. The normalized spacial score (nSPS) is 13.4. The first-order valence-electron chi connectivity index (χ1n) is 9.64. The van der Waals surface area contributed by atoms with E-state index in [1.165, 1.54) is 0 Å². The van der Waals surface area contributed by atoms with E-state index in [1.807, 2.05) is 32.0 Å². The SMILES string of the molecule is CCN(CC)C(CNC(=NC)NCc1ccccn1)c1ccc(C(F)(F)F)cc1. The molecule has 1 unspecified atom stereocenters. The molecule has 1 aromatic heterocycles. The highest BCUT2D eigenvalue weighted by Crippen LogP contribution is 2.30.